The summed E-state index contributed by atoms with van der Waals surface area (Å²) in [6.07, 6.45) is -0.234. The number of ketones is 1. The third kappa shape index (κ3) is 0.896. The Morgan fingerprint density at radius 1 is 1.67 bits per heavy atom. The second kappa shape index (κ2) is 2.45. The van der Waals surface area contributed by atoms with Gasteiger partial charge >= 0.3 is 6.09 Å². The minimum absolute atomic E-state index is 0.0000926. The molecule has 2 aliphatic heterocycles. The van der Waals surface area contributed by atoms with E-state index in [0.29, 0.717) is 13.1 Å². The number of hydrogen-bond acceptors (Lipinski definition) is 3. The number of amides is 1. The third-order valence-electron chi connectivity index (χ3n) is 2.51. The smallest absolute Gasteiger partial charge is 0.407 e. The quantitative estimate of drug-likeness (QED) is 0.503. The van der Waals surface area contributed by atoms with Crippen LogP contribution >= 0.6 is 0 Å². The van der Waals surface area contributed by atoms with Gasteiger partial charge in [0.05, 0.1) is 6.54 Å². The van der Waals surface area contributed by atoms with Crippen LogP contribution in [0.15, 0.2) is 0 Å². The first kappa shape index (κ1) is 7.54. The standard InChI is InChI=1S/C7H10N2O3/c10-5-3-8-4-1-2-9(6(4)5)7(11)12/h4,6,8H,1-3H2,(H,11,12)/t4-,6+/m1/s1. The van der Waals surface area contributed by atoms with E-state index in [1.807, 2.05) is 0 Å². The van der Waals surface area contributed by atoms with Crippen LogP contribution in [0.2, 0.25) is 0 Å². The van der Waals surface area contributed by atoms with Gasteiger partial charge in [0.25, 0.3) is 0 Å². The molecule has 0 aromatic carbocycles. The van der Waals surface area contributed by atoms with Gasteiger partial charge in [-0.3, -0.25) is 9.69 Å². The lowest BCUT2D eigenvalue weighted by Crippen LogP contribution is -2.41. The summed E-state index contributed by atoms with van der Waals surface area (Å²) in [7, 11) is 0. The van der Waals surface area contributed by atoms with Crippen molar-refractivity contribution >= 4 is 11.9 Å². The molecule has 1 amide bonds. The molecule has 2 rings (SSSR count). The Bertz CT molecular complexity index is 241. The Hall–Kier alpha value is -1.10. The van der Waals surface area contributed by atoms with Crippen LogP contribution in [0.5, 0.6) is 0 Å². The van der Waals surface area contributed by atoms with E-state index in [4.69, 9.17) is 5.11 Å². The molecule has 0 spiro atoms. The zero-order valence-electron chi connectivity index (χ0n) is 6.49. The fourth-order valence-corrected chi connectivity index (χ4v) is 1.96. The molecule has 0 aromatic heterocycles. The molecule has 0 aromatic rings. The summed E-state index contributed by atoms with van der Waals surface area (Å²) in [6.45, 7) is 0.794. The number of carbonyl (C=O) groups excluding carboxylic acids is 1. The molecule has 66 valence electrons. The number of nitrogens with zero attached hydrogens (tertiary/aromatic N) is 1. The molecule has 0 aliphatic carbocycles. The van der Waals surface area contributed by atoms with Gasteiger partial charge in [0.15, 0.2) is 5.78 Å². The van der Waals surface area contributed by atoms with Crippen molar-refractivity contribution in [3.63, 3.8) is 0 Å². The lowest BCUT2D eigenvalue weighted by atomic mass is 10.1. The summed E-state index contributed by atoms with van der Waals surface area (Å²) in [4.78, 5) is 23.1. The van der Waals surface area contributed by atoms with Crippen molar-refractivity contribution in [2.24, 2.45) is 0 Å². The zero-order valence-corrected chi connectivity index (χ0v) is 6.49. The first-order chi connectivity index (χ1) is 5.70. The largest absolute Gasteiger partial charge is 0.465 e. The summed E-state index contributed by atoms with van der Waals surface area (Å²) in [5.74, 6) is -0.0000926. The maximum Gasteiger partial charge on any atom is 0.407 e. The molecule has 2 fully saturated rings. The van der Waals surface area contributed by atoms with E-state index >= 15 is 0 Å². The number of rotatable bonds is 0. The highest BCUT2D eigenvalue weighted by Gasteiger charge is 2.45. The first-order valence-electron chi connectivity index (χ1n) is 3.96. The van der Waals surface area contributed by atoms with Crippen molar-refractivity contribution in [2.45, 2.75) is 18.5 Å². The van der Waals surface area contributed by atoms with Gasteiger partial charge in [0.1, 0.15) is 6.04 Å². The first-order valence-corrected chi connectivity index (χ1v) is 3.96. The number of fused-ring (bicyclic) bond motifs is 1. The van der Waals surface area contributed by atoms with E-state index < -0.39 is 12.1 Å². The van der Waals surface area contributed by atoms with Crippen LogP contribution in [0.25, 0.3) is 0 Å². The average Bonchev–Trinajstić information content (AvgIpc) is 2.53. The highest BCUT2D eigenvalue weighted by Crippen LogP contribution is 2.22. The Labute approximate surface area is 69.3 Å². The van der Waals surface area contributed by atoms with Gasteiger partial charge in [0.2, 0.25) is 0 Å². The molecule has 0 saturated carbocycles. The van der Waals surface area contributed by atoms with Crippen LogP contribution in [0, 0.1) is 0 Å². The molecule has 12 heavy (non-hydrogen) atoms. The Balaban J connectivity index is 2.19. The topological polar surface area (TPSA) is 69.6 Å². The Morgan fingerprint density at radius 2 is 2.42 bits per heavy atom. The van der Waals surface area contributed by atoms with E-state index in [-0.39, 0.29) is 11.8 Å². The van der Waals surface area contributed by atoms with Gasteiger partial charge in [-0.25, -0.2) is 4.79 Å². The molecule has 0 radical (unpaired) electrons. The molecule has 2 N–H and O–H groups in total. The molecule has 0 bridgehead atoms. The Kier molecular flexibility index (Phi) is 1.54. The maximum atomic E-state index is 11.2. The van der Waals surface area contributed by atoms with E-state index in [1.165, 1.54) is 4.90 Å². The van der Waals surface area contributed by atoms with Crippen LogP contribution in [0.3, 0.4) is 0 Å². The SMILES string of the molecule is O=C1CN[C@@H]2CCN(C(=O)O)[C@H]12. The number of nitrogens with one attached hydrogen (secondary N) is 1. The van der Waals surface area contributed by atoms with Crippen LogP contribution in [-0.2, 0) is 4.79 Å². The minimum Gasteiger partial charge on any atom is -0.465 e. The molecular formula is C7H10N2O3. The fraction of sp³-hybridized carbons (Fsp3) is 0.714. The van der Waals surface area contributed by atoms with Gasteiger partial charge in [-0.05, 0) is 6.42 Å². The van der Waals surface area contributed by atoms with Crippen LogP contribution in [0.1, 0.15) is 6.42 Å². The van der Waals surface area contributed by atoms with Gasteiger partial charge in [-0.1, -0.05) is 0 Å². The van der Waals surface area contributed by atoms with E-state index in [2.05, 4.69) is 5.32 Å². The summed E-state index contributed by atoms with van der Waals surface area (Å²) in [5, 5.41) is 11.7. The van der Waals surface area contributed by atoms with Crippen molar-refractivity contribution in [3.05, 3.63) is 0 Å². The fourth-order valence-electron chi connectivity index (χ4n) is 1.96. The van der Waals surface area contributed by atoms with Crippen molar-refractivity contribution in [1.82, 2.24) is 10.2 Å². The molecule has 5 heteroatoms. The van der Waals surface area contributed by atoms with E-state index in [0.717, 1.165) is 6.42 Å². The number of carboxylic acid groups (broad SMARTS) is 1. The highest BCUT2D eigenvalue weighted by atomic mass is 16.4. The van der Waals surface area contributed by atoms with Gasteiger partial charge in [-0.2, -0.15) is 0 Å². The molecule has 2 aliphatic rings. The average molecular weight is 170 g/mol. The molecule has 2 saturated heterocycles. The van der Waals surface area contributed by atoms with Crippen molar-refractivity contribution < 1.29 is 14.7 Å². The maximum absolute atomic E-state index is 11.2. The molecular weight excluding hydrogens is 160 g/mol. The summed E-state index contributed by atoms with van der Waals surface area (Å²) < 4.78 is 0. The van der Waals surface area contributed by atoms with Crippen molar-refractivity contribution in [2.75, 3.05) is 13.1 Å². The van der Waals surface area contributed by atoms with Gasteiger partial charge in [-0.15, -0.1) is 0 Å². The lowest BCUT2D eigenvalue weighted by Gasteiger charge is -2.17. The van der Waals surface area contributed by atoms with Gasteiger partial charge in [0, 0.05) is 12.6 Å². The van der Waals surface area contributed by atoms with Gasteiger partial charge < -0.3 is 10.4 Å². The predicted molar refractivity (Wildman–Crippen MR) is 39.9 cm³/mol. The summed E-state index contributed by atoms with van der Waals surface area (Å²) in [5.41, 5.74) is 0. The van der Waals surface area contributed by atoms with E-state index in [1.54, 1.807) is 0 Å². The number of carbonyl (C=O) groups is 2. The number of Topliss-reactive ketones (excluding diaryl/α,β-unsaturated/α-hetero) is 1. The predicted octanol–water partition coefficient (Wildman–Crippen LogP) is -0.720. The number of likely N-dealkylation sites (tertiary alicyclic amines) is 1. The molecule has 2 heterocycles. The minimum atomic E-state index is -0.987. The normalized spacial score (nSPS) is 34.0. The highest BCUT2D eigenvalue weighted by molar-refractivity contribution is 5.92. The van der Waals surface area contributed by atoms with Crippen molar-refractivity contribution in [3.8, 4) is 0 Å². The van der Waals surface area contributed by atoms with Crippen LogP contribution in [-0.4, -0.2) is 47.1 Å². The monoisotopic (exact) mass is 170 g/mol. The summed E-state index contributed by atoms with van der Waals surface area (Å²) >= 11 is 0. The molecule has 0 unspecified atom stereocenters. The second-order valence-electron chi connectivity index (χ2n) is 3.16. The lowest BCUT2D eigenvalue weighted by molar-refractivity contribution is -0.119. The second-order valence-corrected chi connectivity index (χ2v) is 3.16. The van der Waals surface area contributed by atoms with Crippen LogP contribution < -0.4 is 5.32 Å². The zero-order chi connectivity index (χ0) is 8.72. The van der Waals surface area contributed by atoms with Crippen molar-refractivity contribution in [1.29, 1.82) is 0 Å². The molecule has 5 nitrogen and oxygen atoms in total. The van der Waals surface area contributed by atoms with Crippen LogP contribution in [0.4, 0.5) is 4.79 Å². The number of hydrogen-bond donors (Lipinski definition) is 2. The summed E-state index contributed by atoms with van der Waals surface area (Å²) in [6, 6.07) is -0.351. The third-order valence-corrected chi connectivity index (χ3v) is 2.51. The molecule has 2 atom stereocenters. The van der Waals surface area contributed by atoms with E-state index in [9.17, 15) is 9.59 Å². The Morgan fingerprint density at radius 3 is 3.08 bits per heavy atom.